The second kappa shape index (κ2) is 4.24. The van der Waals surface area contributed by atoms with E-state index >= 15 is 0 Å². The highest BCUT2D eigenvalue weighted by molar-refractivity contribution is 7.89. The summed E-state index contributed by atoms with van der Waals surface area (Å²) in [5.74, 6) is -0.918. The van der Waals surface area contributed by atoms with Crippen LogP contribution in [0.5, 0.6) is 0 Å². The van der Waals surface area contributed by atoms with Gasteiger partial charge < -0.3 is 5.73 Å². The molecule has 0 spiro atoms. The van der Waals surface area contributed by atoms with Crippen LogP contribution in [0, 0.1) is 0 Å². The Kier molecular flexibility index (Phi) is 3.23. The van der Waals surface area contributed by atoms with Gasteiger partial charge in [-0.15, -0.1) is 0 Å². The molecule has 5 nitrogen and oxygen atoms in total. The quantitative estimate of drug-likeness (QED) is 0.577. The Balaban J connectivity index is 3.29. The van der Waals surface area contributed by atoms with Gasteiger partial charge in [0.05, 0.1) is 11.0 Å². The van der Waals surface area contributed by atoms with E-state index in [9.17, 15) is 13.2 Å². The van der Waals surface area contributed by atoms with E-state index in [1.807, 2.05) is 0 Å². The van der Waals surface area contributed by atoms with Gasteiger partial charge in [-0.25, -0.2) is 0 Å². The Morgan fingerprint density at radius 2 is 1.80 bits per heavy atom. The molecule has 0 radical (unpaired) electrons. The molecule has 0 atom stereocenters. The van der Waals surface area contributed by atoms with Gasteiger partial charge in [-0.05, 0) is 5.56 Å². The molecule has 0 saturated carbocycles. The summed E-state index contributed by atoms with van der Waals surface area (Å²) in [7, 11) is -4.38. The van der Waals surface area contributed by atoms with Gasteiger partial charge in [-0.1, -0.05) is 30.3 Å². The first-order valence-electron chi connectivity index (χ1n) is 3.94. The van der Waals surface area contributed by atoms with Crippen LogP contribution < -0.4 is 5.73 Å². The molecular weight excluding hydrogens is 218 g/mol. The second-order valence-electron chi connectivity index (χ2n) is 2.78. The number of primary amides is 1. The molecule has 0 aliphatic heterocycles. The summed E-state index contributed by atoms with van der Waals surface area (Å²) in [5.41, 5.74) is 5.08. The highest BCUT2D eigenvalue weighted by atomic mass is 32.2. The Hall–Kier alpha value is -1.66. The Bertz CT molecular complexity index is 490. The predicted molar refractivity (Wildman–Crippen MR) is 55.2 cm³/mol. The third-order valence-electron chi connectivity index (χ3n) is 1.62. The van der Waals surface area contributed by atoms with Crippen molar-refractivity contribution >= 4 is 21.6 Å². The summed E-state index contributed by atoms with van der Waals surface area (Å²) in [5, 5.41) is 0.435. The lowest BCUT2D eigenvalue weighted by Crippen LogP contribution is -2.14. The third kappa shape index (κ3) is 3.53. The highest BCUT2D eigenvalue weighted by Gasteiger charge is 2.11. The van der Waals surface area contributed by atoms with Crippen molar-refractivity contribution in [1.82, 2.24) is 0 Å². The summed E-state index contributed by atoms with van der Waals surface area (Å²) < 4.78 is 29.8. The molecule has 1 amide bonds. The SMILES string of the molecule is NC(=O)C(=CS(=O)(=O)O)c1ccccc1. The minimum absolute atomic E-state index is 0.252. The average molecular weight is 227 g/mol. The third-order valence-corrected chi connectivity index (χ3v) is 2.15. The van der Waals surface area contributed by atoms with Gasteiger partial charge in [0.2, 0.25) is 5.91 Å². The molecule has 0 aliphatic carbocycles. The lowest BCUT2D eigenvalue weighted by molar-refractivity contribution is -0.112. The average Bonchev–Trinajstić information content (AvgIpc) is 2.14. The van der Waals surface area contributed by atoms with Crippen molar-refractivity contribution in [1.29, 1.82) is 0 Å². The minimum Gasteiger partial charge on any atom is -0.366 e. The fourth-order valence-electron chi connectivity index (χ4n) is 1.04. The predicted octanol–water partition coefficient (Wildman–Crippen LogP) is 0.401. The maximum Gasteiger partial charge on any atom is 0.288 e. The zero-order chi connectivity index (χ0) is 11.5. The zero-order valence-electron chi connectivity index (χ0n) is 7.62. The zero-order valence-corrected chi connectivity index (χ0v) is 8.44. The molecule has 1 aromatic rings. The number of benzene rings is 1. The standard InChI is InChI=1S/C9H9NO4S/c10-9(11)8(6-15(12,13)14)7-4-2-1-3-5-7/h1-6H,(H2,10,11)(H,12,13,14). The van der Waals surface area contributed by atoms with Crippen LogP contribution in [0.2, 0.25) is 0 Å². The molecular formula is C9H9NO4S. The largest absolute Gasteiger partial charge is 0.366 e. The van der Waals surface area contributed by atoms with Crippen LogP contribution in [0.25, 0.3) is 5.57 Å². The smallest absolute Gasteiger partial charge is 0.288 e. The van der Waals surface area contributed by atoms with Crippen molar-refractivity contribution in [2.45, 2.75) is 0 Å². The molecule has 15 heavy (non-hydrogen) atoms. The van der Waals surface area contributed by atoms with E-state index in [1.54, 1.807) is 18.2 Å². The molecule has 0 unspecified atom stereocenters. The number of rotatable bonds is 3. The molecule has 1 aromatic carbocycles. The lowest BCUT2D eigenvalue weighted by atomic mass is 10.1. The first-order chi connectivity index (χ1) is 6.90. The van der Waals surface area contributed by atoms with Gasteiger partial charge in [0.15, 0.2) is 0 Å². The van der Waals surface area contributed by atoms with Gasteiger partial charge in [0, 0.05) is 0 Å². The summed E-state index contributed by atoms with van der Waals surface area (Å²) in [6, 6.07) is 7.98. The lowest BCUT2D eigenvalue weighted by Gasteiger charge is -2.01. The van der Waals surface area contributed by atoms with Gasteiger partial charge in [-0.3, -0.25) is 9.35 Å². The van der Waals surface area contributed by atoms with Crippen molar-refractivity contribution in [3.8, 4) is 0 Å². The van der Waals surface area contributed by atoms with E-state index in [-0.39, 0.29) is 5.57 Å². The molecule has 0 bridgehead atoms. The van der Waals surface area contributed by atoms with E-state index in [1.165, 1.54) is 12.1 Å². The van der Waals surface area contributed by atoms with Gasteiger partial charge in [-0.2, -0.15) is 8.42 Å². The molecule has 0 fully saturated rings. The van der Waals surface area contributed by atoms with Crippen molar-refractivity contribution in [3.63, 3.8) is 0 Å². The first kappa shape index (κ1) is 11.4. The Morgan fingerprint density at radius 3 is 2.20 bits per heavy atom. The van der Waals surface area contributed by atoms with Gasteiger partial charge in [0.1, 0.15) is 0 Å². The van der Waals surface area contributed by atoms with Crippen LogP contribution in [-0.4, -0.2) is 18.9 Å². The summed E-state index contributed by atoms with van der Waals surface area (Å²) in [6.45, 7) is 0. The number of hydrogen-bond acceptors (Lipinski definition) is 3. The number of hydrogen-bond donors (Lipinski definition) is 2. The Morgan fingerprint density at radius 1 is 1.27 bits per heavy atom. The molecule has 0 saturated heterocycles. The second-order valence-corrected chi connectivity index (χ2v) is 4.04. The summed E-state index contributed by atoms with van der Waals surface area (Å²) >= 11 is 0. The molecule has 0 heterocycles. The van der Waals surface area contributed by atoms with E-state index < -0.39 is 16.0 Å². The molecule has 1 rings (SSSR count). The van der Waals surface area contributed by atoms with Crippen LogP contribution in [0.1, 0.15) is 5.56 Å². The van der Waals surface area contributed by atoms with E-state index in [4.69, 9.17) is 10.3 Å². The van der Waals surface area contributed by atoms with Gasteiger partial charge >= 0.3 is 0 Å². The van der Waals surface area contributed by atoms with Crippen LogP contribution in [0.15, 0.2) is 35.7 Å². The van der Waals surface area contributed by atoms with Crippen LogP contribution >= 0.6 is 0 Å². The topological polar surface area (TPSA) is 97.5 Å². The normalized spacial score (nSPS) is 12.5. The van der Waals surface area contributed by atoms with Crippen LogP contribution in [0.4, 0.5) is 0 Å². The highest BCUT2D eigenvalue weighted by Crippen LogP contribution is 2.14. The van der Waals surface area contributed by atoms with Crippen molar-refractivity contribution in [2.24, 2.45) is 5.73 Å². The minimum atomic E-state index is -4.38. The van der Waals surface area contributed by atoms with E-state index in [2.05, 4.69) is 0 Å². The van der Waals surface area contributed by atoms with Crippen LogP contribution in [0.3, 0.4) is 0 Å². The number of nitrogens with two attached hydrogens (primary N) is 1. The van der Waals surface area contributed by atoms with E-state index in [0.29, 0.717) is 11.0 Å². The first-order valence-corrected chi connectivity index (χ1v) is 5.45. The number of carbonyl (C=O) groups excluding carboxylic acids is 1. The molecule has 6 heteroatoms. The monoisotopic (exact) mass is 227 g/mol. The fourth-order valence-corrected chi connectivity index (χ4v) is 1.59. The van der Waals surface area contributed by atoms with Crippen molar-refractivity contribution in [3.05, 3.63) is 41.3 Å². The molecule has 0 aromatic heterocycles. The van der Waals surface area contributed by atoms with Crippen molar-refractivity contribution < 1.29 is 17.8 Å². The summed E-state index contributed by atoms with van der Waals surface area (Å²) in [6.07, 6.45) is 0. The van der Waals surface area contributed by atoms with Gasteiger partial charge in [0.25, 0.3) is 10.1 Å². The van der Waals surface area contributed by atoms with E-state index in [0.717, 1.165) is 0 Å². The fraction of sp³-hybridized carbons (Fsp3) is 0. The maximum absolute atomic E-state index is 11.0. The number of amides is 1. The molecule has 0 aliphatic rings. The van der Waals surface area contributed by atoms with Crippen LogP contribution in [-0.2, 0) is 14.9 Å². The maximum atomic E-state index is 11.0. The number of carbonyl (C=O) groups is 1. The Labute approximate surface area is 87.0 Å². The molecule has 3 N–H and O–H groups in total. The molecule has 80 valence electrons. The summed E-state index contributed by atoms with van der Waals surface area (Å²) in [4.78, 5) is 11.0. The van der Waals surface area contributed by atoms with Crippen molar-refractivity contribution in [2.75, 3.05) is 0 Å².